The molecule has 0 spiro atoms. The first-order chi connectivity index (χ1) is 7.35. The lowest BCUT2D eigenvalue weighted by Crippen LogP contribution is -2.20. The monoisotopic (exact) mass is 208 g/mol. The van der Waals surface area contributed by atoms with Crippen molar-refractivity contribution >= 4 is 0 Å². The molecule has 0 aliphatic heterocycles. The fraction of sp³-hybridized carbons (Fsp3) is 0.667. The van der Waals surface area contributed by atoms with Crippen molar-refractivity contribution in [3.63, 3.8) is 0 Å². The molecule has 1 aromatic heterocycles. The average Bonchev–Trinajstić information content (AvgIpc) is 2.68. The molecule has 0 bridgehead atoms. The van der Waals surface area contributed by atoms with E-state index in [1.54, 1.807) is 7.11 Å². The molecule has 3 heteroatoms. The molecule has 1 aliphatic carbocycles. The molecule has 0 aromatic carbocycles. The Hall–Kier alpha value is -0.800. The number of nitrogens with one attached hydrogen (secondary N) is 1. The van der Waals surface area contributed by atoms with Gasteiger partial charge in [-0.05, 0) is 37.4 Å². The minimum Gasteiger partial charge on any atom is -0.383 e. The molecule has 0 radical (unpaired) electrons. The van der Waals surface area contributed by atoms with Gasteiger partial charge in [0.1, 0.15) is 0 Å². The lowest BCUT2D eigenvalue weighted by Gasteiger charge is -2.21. The van der Waals surface area contributed by atoms with Gasteiger partial charge in [0.25, 0.3) is 0 Å². The van der Waals surface area contributed by atoms with E-state index in [4.69, 9.17) is 4.74 Å². The molecule has 1 heterocycles. The molecule has 0 fully saturated rings. The van der Waals surface area contributed by atoms with Crippen molar-refractivity contribution in [1.82, 2.24) is 9.88 Å². The van der Waals surface area contributed by atoms with Gasteiger partial charge in [0.15, 0.2) is 0 Å². The van der Waals surface area contributed by atoms with Crippen molar-refractivity contribution < 1.29 is 4.74 Å². The molecule has 0 saturated heterocycles. The van der Waals surface area contributed by atoms with Gasteiger partial charge in [0.2, 0.25) is 0 Å². The zero-order valence-electron chi connectivity index (χ0n) is 9.62. The third-order valence-corrected chi connectivity index (χ3v) is 3.21. The number of aromatic nitrogens is 1. The Morgan fingerprint density at radius 2 is 2.40 bits per heavy atom. The van der Waals surface area contributed by atoms with Crippen molar-refractivity contribution in [2.45, 2.75) is 31.8 Å². The number of aryl methyl sites for hydroxylation is 1. The number of hydrogen-bond donors (Lipinski definition) is 1. The second-order valence-corrected chi connectivity index (χ2v) is 4.20. The maximum Gasteiger partial charge on any atom is 0.0641 e. The van der Waals surface area contributed by atoms with Crippen molar-refractivity contribution in [3.8, 4) is 0 Å². The summed E-state index contributed by atoms with van der Waals surface area (Å²) in [5, 5.41) is 3.38. The van der Waals surface area contributed by atoms with Gasteiger partial charge in [0, 0.05) is 32.1 Å². The number of hydrogen-bond acceptors (Lipinski definition) is 2. The Morgan fingerprint density at radius 3 is 3.13 bits per heavy atom. The molecule has 1 aromatic rings. The molecule has 0 saturated carbocycles. The lowest BCUT2D eigenvalue weighted by molar-refractivity contribution is 0.187. The summed E-state index contributed by atoms with van der Waals surface area (Å²) >= 11 is 0. The Bertz CT molecular complexity index is 319. The van der Waals surface area contributed by atoms with Crippen LogP contribution in [0.1, 0.15) is 30.0 Å². The van der Waals surface area contributed by atoms with Crippen molar-refractivity contribution in [2.24, 2.45) is 0 Å². The molecule has 1 atom stereocenters. The summed E-state index contributed by atoms with van der Waals surface area (Å²) in [5.41, 5.74) is 3.00. The van der Waals surface area contributed by atoms with Crippen LogP contribution in [0.15, 0.2) is 12.4 Å². The van der Waals surface area contributed by atoms with Gasteiger partial charge < -0.3 is 14.6 Å². The summed E-state index contributed by atoms with van der Waals surface area (Å²) in [7, 11) is 3.80. The van der Waals surface area contributed by atoms with E-state index in [9.17, 15) is 0 Å². The van der Waals surface area contributed by atoms with Gasteiger partial charge in [-0.25, -0.2) is 0 Å². The second-order valence-electron chi connectivity index (χ2n) is 4.20. The first-order valence-corrected chi connectivity index (χ1v) is 5.70. The average molecular weight is 208 g/mol. The molecule has 0 amide bonds. The van der Waals surface area contributed by atoms with Crippen LogP contribution in [0.25, 0.3) is 0 Å². The van der Waals surface area contributed by atoms with Crippen LogP contribution < -0.4 is 5.32 Å². The van der Waals surface area contributed by atoms with Crippen LogP contribution in [-0.4, -0.2) is 25.3 Å². The number of methoxy groups -OCH3 is 1. The second kappa shape index (κ2) is 4.81. The zero-order valence-corrected chi connectivity index (χ0v) is 9.62. The van der Waals surface area contributed by atoms with Crippen LogP contribution in [0.2, 0.25) is 0 Å². The highest BCUT2D eigenvalue weighted by Crippen LogP contribution is 2.29. The number of ether oxygens (including phenoxy) is 1. The fourth-order valence-electron chi connectivity index (χ4n) is 2.37. The summed E-state index contributed by atoms with van der Waals surface area (Å²) in [4.78, 5) is 0. The molecule has 1 N–H and O–H groups in total. The molecule has 1 aliphatic rings. The molecule has 15 heavy (non-hydrogen) atoms. The highest BCUT2D eigenvalue weighted by molar-refractivity contribution is 5.30. The first kappa shape index (κ1) is 10.7. The third kappa shape index (κ3) is 2.24. The van der Waals surface area contributed by atoms with E-state index < -0.39 is 0 Å². The van der Waals surface area contributed by atoms with E-state index in [1.807, 2.05) is 7.05 Å². The summed E-state index contributed by atoms with van der Waals surface area (Å²) in [6, 6.07) is 0.553. The van der Waals surface area contributed by atoms with E-state index in [0.717, 1.165) is 13.2 Å². The summed E-state index contributed by atoms with van der Waals surface area (Å²) < 4.78 is 7.35. The lowest BCUT2D eigenvalue weighted by atomic mass is 9.91. The number of nitrogens with zero attached hydrogens (tertiary/aromatic N) is 1. The topological polar surface area (TPSA) is 26.2 Å². The first-order valence-electron chi connectivity index (χ1n) is 5.70. The van der Waals surface area contributed by atoms with Gasteiger partial charge in [-0.15, -0.1) is 0 Å². The Labute approximate surface area is 91.4 Å². The zero-order chi connectivity index (χ0) is 10.7. The normalized spacial score (nSPS) is 20.3. The molecule has 2 rings (SSSR count). The van der Waals surface area contributed by atoms with Crippen LogP contribution in [0.4, 0.5) is 0 Å². The third-order valence-electron chi connectivity index (χ3n) is 3.21. The molecule has 1 unspecified atom stereocenters. The van der Waals surface area contributed by atoms with Gasteiger partial charge in [-0.3, -0.25) is 0 Å². The highest BCUT2D eigenvalue weighted by atomic mass is 16.5. The Morgan fingerprint density at radius 1 is 1.53 bits per heavy atom. The maximum atomic E-state index is 5.09. The minimum absolute atomic E-state index is 0.553. The SMILES string of the molecule is CNC1CCCc2cn(CCOC)cc21. The summed E-state index contributed by atoms with van der Waals surface area (Å²) in [6.07, 6.45) is 8.34. The van der Waals surface area contributed by atoms with E-state index >= 15 is 0 Å². The smallest absolute Gasteiger partial charge is 0.0641 e. The summed E-state index contributed by atoms with van der Waals surface area (Å²) in [5.74, 6) is 0. The number of fused-ring (bicyclic) bond motifs is 1. The van der Waals surface area contributed by atoms with Gasteiger partial charge in [-0.2, -0.15) is 0 Å². The van der Waals surface area contributed by atoms with Crippen molar-refractivity contribution in [2.75, 3.05) is 20.8 Å². The fourth-order valence-corrected chi connectivity index (χ4v) is 2.37. The Kier molecular flexibility index (Phi) is 3.44. The van der Waals surface area contributed by atoms with Gasteiger partial charge >= 0.3 is 0 Å². The van der Waals surface area contributed by atoms with Crippen LogP contribution in [0.5, 0.6) is 0 Å². The molecule has 3 nitrogen and oxygen atoms in total. The van der Waals surface area contributed by atoms with E-state index in [2.05, 4.69) is 22.3 Å². The standard InChI is InChI=1S/C12H20N2O/c1-13-12-5-3-4-10-8-14(6-7-15-2)9-11(10)12/h8-9,12-13H,3-7H2,1-2H3. The van der Waals surface area contributed by atoms with Gasteiger partial charge in [0.05, 0.1) is 6.61 Å². The van der Waals surface area contributed by atoms with Crippen LogP contribution in [-0.2, 0) is 17.7 Å². The minimum atomic E-state index is 0.553. The molecule has 84 valence electrons. The van der Waals surface area contributed by atoms with Crippen LogP contribution in [0.3, 0.4) is 0 Å². The number of rotatable bonds is 4. The van der Waals surface area contributed by atoms with Crippen LogP contribution in [0, 0.1) is 0 Å². The molecular formula is C12H20N2O. The quantitative estimate of drug-likeness (QED) is 0.815. The molecular weight excluding hydrogens is 188 g/mol. The maximum absolute atomic E-state index is 5.09. The van der Waals surface area contributed by atoms with Crippen LogP contribution >= 0.6 is 0 Å². The van der Waals surface area contributed by atoms with E-state index in [1.165, 1.54) is 30.4 Å². The van der Waals surface area contributed by atoms with E-state index in [0.29, 0.717) is 6.04 Å². The summed E-state index contributed by atoms with van der Waals surface area (Å²) in [6.45, 7) is 1.75. The largest absolute Gasteiger partial charge is 0.383 e. The predicted octanol–water partition coefficient (Wildman–Crippen LogP) is 1.73. The van der Waals surface area contributed by atoms with Crippen molar-refractivity contribution in [3.05, 3.63) is 23.5 Å². The highest BCUT2D eigenvalue weighted by Gasteiger charge is 2.20. The van der Waals surface area contributed by atoms with Gasteiger partial charge in [-0.1, -0.05) is 0 Å². The Balaban J connectivity index is 2.14. The predicted molar refractivity (Wildman–Crippen MR) is 61.0 cm³/mol. The van der Waals surface area contributed by atoms with Crippen molar-refractivity contribution in [1.29, 1.82) is 0 Å². The van der Waals surface area contributed by atoms with E-state index in [-0.39, 0.29) is 0 Å².